The number of ether oxygens (including phenoxy) is 2. The topological polar surface area (TPSA) is 50.8 Å². The summed E-state index contributed by atoms with van der Waals surface area (Å²) in [5.41, 5.74) is 4.02. The van der Waals surface area contributed by atoms with Gasteiger partial charge < -0.3 is 19.7 Å². The van der Waals surface area contributed by atoms with Crippen LogP contribution in [0.5, 0.6) is 11.5 Å². The summed E-state index contributed by atoms with van der Waals surface area (Å²) in [6.07, 6.45) is 4.26. The molecule has 1 amide bonds. The molecule has 1 heterocycles. The Balaban J connectivity index is 1.58. The summed E-state index contributed by atoms with van der Waals surface area (Å²) >= 11 is 0. The Morgan fingerprint density at radius 1 is 0.969 bits per heavy atom. The number of hydrogen-bond acceptors (Lipinski definition) is 4. The first-order valence-corrected chi connectivity index (χ1v) is 10.7. The molecular weight excluding hydrogens is 400 g/mol. The summed E-state index contributed by atoms with van der Waals surface area (Å²) in [5, 5.41) is 3.63. The van der Waals surface area contributed by atoms with Crippen LogP contribution in [-0.4, -0.2) is 26.2 Å². The molecule has 0 saturated carbocycles. The maximum Gasteiger partial charge on any atom is 0.251 e. The average molecular weight is 429 g/mol. The molecule has 1 aliphatic rings. The van der Waals surface area contributed by atoms with E-state index < -0.39 is 0 Å². The maximum absolute atomic E-state index is 13.2. The highest BCUT2D eigenvalue weighted by molar-refractivity contribution is 6.05. The Bertz CT molecular complexity index is 1110. The molecule has 4 rings (SSSR count). The number of anilines is 2. The van der Waals surface area contributed by atoms with E-state index in [1.54, 1.807) is 20.3 Å². The molecule has 3 aromatic carbocycles. The normalized spacial score (nSPS) is 17.7. The van der Waals surface area contributed by atoms with Crippen molar-refractivity contribution in [2.75, 3.05) is 24.4 Å². The van der Waals surface area contributed by atoms with E-state index in [1.165, 1.54) is 0 Å². The summed E-state index contributed by atoms with van der Waals surface area (Å²) in [4.78, 5) is 15.1. The highest BCUT2D eigenvalue weighted by Crippen LogP contribution is 2.39. The minimum absolute atomic E-state index is 0.0436. The molecule has 0 spiro atoms. The van der Waals surface area contributed by atoms with Crippen molar-refractivity contribution in [3.8, 4) is 11.5 Å². The van der Waals surface area contributed by atoms with Gasteiger partial charge in [-0.25, -0.2) is 0 Å². The smallest absolute Gasteiger partial charge is 0.251 e. The number of carbonyl (C=O) groups is 1. The maximum atomic E-state index is 13.2. The van der Waals surface area contributed by atoms with Crippen LogP contribution in [0.4, 0.5) is 11.4 Å². The number of para-hydroxylation sites is 2. The lowest BCUT2D eigenvalue weighted by Gasteiger charge is -2.39. The molecule has 0 radical (unpaired) electrons. The van der Waals surface area contributed by atoms with Crippen LogP contribution in [-0.2, 0) is 4.79 Å². The number of methoxy groups -OCH3 is 2. The second-order valence-corrected chi connectivity index (χ2v) is 7.86. The lowest BCUT2D eigenvalue weighted by atomic mass is 9.91. The van der Waals surface area contributed by atoms with E-state index in [1.807, 2.05) is 65.6 Å². The van der Waals surface area contributed by atoms with Crippen molar-refractivity contribution in [3.05, 3.63) is 90.0 Å². The van der Waals surface area contributed by atoms with Crippen LogP contribution in [0.15, 0.2) is 78.9 Å². The molecule has 1 aliphatic heterocycles. The van der Waals surface area contributed by atoms with Gasteiger partial charge >= 0.3 is 0 Å². The Morgan fingerprint density at radius 2 is 1.69 bits per heavy atom. The SMILES string of the molecule is COc1ccc(C=CC(=O)N2c3ccccc3[C@@H](Nc3ccccc3)C[C@H]2C)cc1OC. The number of hydrogen-bond donors (Lipinski definition) is 1. The molecule has 0 bridgehead atoms. The number of nitrogens with zero attached hydrogens (tertiary/aromatic N) is 1. The number of fused-ring (bicyclic) bond motifs is 1. The molecule has 164 valence electrons. The third kappa shape index (κ3) is 4.47. The Hall–Kier alpha value is -3.73. The van der Waals surface area contributed by atoms with Crippen LogP contribution in [0, 0.1) is 0 Å². The Morgan fingerprint density at radius 3 is 2.44 bits per heavy atom. The predicted octanol–water partition coefficient (Wildman–Crippen LogP) is 5.70. The highest BCUT2D eigenvalue weighted by Gasteiger charge is 2.32. The minimum atomic E-state index is -0.0436. The van der Waals surface area contributed by atoms with Crippen LogP contribution >= 0.6 is 0 Å². The van der Waals surface area contributed by atoms with E-state index in [0.717, 1.165) is 28.9 Å². The molecule has 1 N–H and O–H groups in total. The van der Waals surface area contributed by atoms with E-state index >= 15 is 0 Å². The van der Waals surface area contributed by atoms with Gasteiger partial charge in [0.2, 0.25) is 0 Å². The summed E-state index contributed by atoms with van der Waals surface area (Å²) < 4.78 is 10.7. The third-order valence-electron chi connectivity index (χ3n) is 5.77. The van der Waals surface area contributed by atoms with Gasteiger partial charge in [0.25, 0.3) is 5.91 Å². The fourth-order valence-corrected chi connectivity index (χ4v) is 4.22. The zero-order valence-electron chi connectivity index (χ0n) is 18.6. The zero-order valence-corrected chi connectivity index (χ0v) is 18.6. The number of benzene rings is 3. The molecule has 0 saturated heterocycles. The van der Waals surface area contributed by atoms with Gasteiger partial charge in [0, 0.05) is 23.5 Å². The van der Waals surface area contributed by atoms with Gasteiger partial charge in [-0.1, -0.05) is 42.5 Å². The monoisotopic (exact) mass is 428 g/mol. The lowest BCUT2D eigenvalue weighted by Crippen LogP contribution is -2.43. The highest BCUT2D eigenvalue weighted by atomic mass is 16.5. The zero-order chi connectivity index (χ0) is 22.5. The number of nitrogens with one attached hydrogen (secondary N) is 1. The van der Waals surface area contributed by atoms with E-state index in [-0.39, 0.29) is 18.0 Å². The number of rotatable bonds is 6. The van der Waals surface area contributed by atoms with Gasteiger partial charge in [0.1, 0.15) is 0 Å². The largest absolute Gasteiger partial charge is 0.493 e. The molecule has 5 nitrogen and oxygen atoms in total. The van der Waals surface area contributed by atoms with Crippen LogP contribution in [0.3, 0.4) is 0 Å². The second kappa shape index (κ2) is 9.60. The first kappa shape index (κ1) is 21.5. The quantitative estimate of drug-likeness (QED) is 0.512. The van der Waals surface area contributed by atoms with E-state index in [2.05, 4.69) is 30.4 Å². The molecular formula is C27H28N2O3. The Labute approximate surface area is 189 Å². The minimum Gasteiger partial charge on any atom is -0.493 e. The summed E-state index contributed by atoms with van der Waals surface area (Å²) in [6, 6.07) is 24.1. The van der Waals surface area contributed by atoms with E-state index in [0.29, 0.717) is 11.5 Å². The van der Waals surface area contributed by atoms with Gasteiger partial charge in [-0.05, 0) is 60.9 Å². The van der Waals surface area contributed by atoms with Gasteiger partial charge in [-0.15, -0.1) is 0 Å². The van der Waals surface area contributed by atoms with Crippen LogP contribution < -0.4 is 19.7 Å². The molecule has 0 unspecified atom stereocenters. The van der Waals surface area contributed by atoms with Crippen molar-refractivity contribution < 1.29 is 14.3 Å². The molecule has 2 atom stereocenters. The standard InChI is InChI=1S/C27H28N2O3/c1-19-17-23(28-21-9-5-4-6-10-21)22-11-7-8-12-24(22)29(19)27(30)16-14-20-13-15-25(31-2)26(18-20)32-3/h4-16,18-19,23,28H,17H2,1-3H3/t19-,23+/m1/s1. The first-order valence-electron chi connectivity index (χ1n) is 10.7. The summed E-state index contributed by atoms with van der Waals surface area (Å²) in [5.74, 6) is 1.25. The van der Waals surface area contributed by atoms with Crippen molar-refractivity contribution in [1.82, 2.24) is 0 Å². The van der Waals surface area contributed by atoms with Crippen LogP contribution in [0.25, 0.3) is 6.08 Å². The number of carbonyl (C=O) groups excluding carboxylic acids is 1. The molecule has 3 aromatic rings. The van der Waals surface area contributed by atoms with Crippen molar-refractivity contribution >= 4 is 23.4 Å². The van der Waals surface area contributed by atoms with E-state index in [9.17, 15) is 4.79 Å². The van der Waals surface area contributed by atoms with Gasteiger partial charge in [-0.3, -0.25) is 4.79 Å². The van der Waals surface area contributed by atoms with Gasteiger partial charge in [-0.2, -0.15) is 0 Å². The lowest BCUT2D eigenvalue weighted by molar-refractivity contribution is -0.114. The fourth-order valence-electron chi connectivity index (χ4n) is 4.22. The van der Waals surface area contributed by atoms with Crippen LogP contribution in [0.2, 0.25) is 0 Å². The second-order valence-electron chi connectivity index (χ2n) is 7.86. The average Bonchev–Trinajstić information content (AvgIpc) is 2.83. The van der Waals surface area contributed by atoms with Crippen molar-refractivity contribution in [1.29, 1.82) is 0 Å². The summed E-state index contributed by atoms with van der Waals surface area (Å²) in [6.45, 7) is 2.10. The molecule has 0 aromatic heterocycles. The number of amides is 1. The van der Waals surface area contributed by atoms with Crippen molar-refractivity contribution in [2.24, 2.45) is 0 Å². The molecule has 32 heavy (non-hydrogen) atoms. The molecule has 0 fully saturated rings. The van der Waals surface area contributed by atoms with Gasteiger partial charge in [0.15, 0.2) is 11.5 Å². The molecule has 0 aliphatic carbocycles. The summed E-state index contributed by atoms with van der Waals surface area (Å²) in [7, 11) is 3.20. The molecule has 5 heteroatoms. The van der Waals surface area contributed by atoms with Crippen LogP contribution in [0.1, 0.15) is 30.5 Å². The third-order valence-corrected chi connectivity index (χ3v) is 5.77. The Kier molecular flexibility index (Phi) is 6.45. The predicted molar refractivity (Wildman–Crippen MR) is 129 cm³/mol. The fraction of sp³-hybridized carbons (Fsp3) is 0.222. The van der Waals surface area contributed by atoms with Crippen molar-refractivity contribution in [3.63, 3.8) is 0 Å². The van der Waals surface area contributed by atoms with Crippen molar-refractivity contribution in [2.45, 2.75) is 25.4 Å². The first-order chi connectivity index (χ1) is 15.6. The van der Waals surface area contributed by atoms with E-state index in [4.69, 9.17) is 9.47 Å². The van der Waals surface area contributed by atoms with Gasteiger partial charge in [0.05, 0.1) is 20.3 Å².